The number of carbonyl (C=O) groups excluding carboxylic acids is 1. The van der Waals surface area contributed by atoms with Gasteiger partial charge in [0.1, 0.15) is 0 Å². The Labute approximate surface area is 166 Å². The zero-order valence-corrected chi connectivity index (χ0v) is 16.1. The van der Waals surface area contributed by atoms with Crippen LogP contribution in [-0.4, -0.2) is 36.1 Å². The Morgan fingerprint density at radius 3 is 2.64 bits per heavy atom. The number of aromatic nitrogens is 1. The molecule has 0 bridgehead atoms. The summed E-state index contributed by atoms with van der Waals surface area (Å²) in [6.45, 7) is 1.34. The van der Waals surface area contributed by atoms with Crippen LogP contribution in [-0.2, 0) is 6.54 Å². The topological polar surface area (TPSA) is 71.6 Å². The van der Waals surface area contributed by atoms with Gasteiger partial charge in [0, 0.05) is 43.0 Å². The molecule has 1 aliphatic rings. The lowest BCUT2D eigenvalue weighted by Crippen LogP contribution is -2.27. The predicted octanol–water partition coefficient (Wildman–Crippen LogP) is 3.62. The largest absolute Gasteiger partial charge is 0.490 e. The van der Waals surface area contributed by atoms with Crippen molar-refractivity contribution in [3.8, 4) is 11.5 Å². The molecule has 0 radical (unpaired) electrons. The van der Waals surface area contributed by atoms with E-state index in [0.29, 0.717) is 35.3 Å². The molecule has 1 aliphatic heterocycles. The zero-order valence-electron chi connectivity index (χ0n) is 15.3. The number of nitrogens with zero attached hydrogens (tertiary/aromatic N) is 1. The van der Waals surface area contributed by atoms with E-state index in [1.165, 1.54) is 11.0 Å². The summed E-state index contributed by atoms with van der Waals surface area (Å²) in [5, 5.41) is 1.20. The molecule has 1 aromatic heterocycles. The highest BCUT2D eigenvalue weighted by atomic mass is 35.5. The lowest BCUT2D eigenvalue weighted by Gasteiger charge is -2.20. The van der Waals surface area contributed by atoms with E-state index in [0.717, 1.165) is 22.9 Å². The summed E-state index contributed by atoms with van der Waals surface area (Å²) in [6, 6.07) is 12.3. The number of H-pyrrole nitrogens is 1. The van der Waals surface area contributed by atoms with Gasteiger partial charge in [-0.05, 0) is 17.7 Å². The summed E-state index contributed by atoms with van der Waals surface area (Å²) < 4.78 is 11.3. The first-order valence-electron chi connectivity index (χ1n) is 8.98. The van der Waals surface area contributed by atoms with E-state index in [-0.39, 0.29) is 18.0 Å². The van der Waals surface area contributed by atoms with E-state index in [9.17, 15) is 9.59 Å². The fourth-order valence-electron chi connectivity index (χ4n) is 3.29. The number of ether oxygens (including phenoxy) is 2. The molecular formula is C21H19ClN2O4. The second-order valence-electron chi connectivity index (χ2n) is 6.69. The summed E-state index contributed by atoms with van der Waals surface area (Å²) in [6.07, 6.45) is 0.769. The minimum Gasteiger partial charge on any atom is -0.490 e. The van der Waals surface area contributed by atoms with E-state index >= 15 is 0 Å². The van der Waals surface area contributed by atoms with Crippen molar-refractivity contribution in [3.05, 3.63) is 69.0 Å². The molecule has 3 aromatic rings. The van der Waals surface area contributed by atoms with Crippen LogP contribution in [0, 0.1) is 0 Å². The van der Waals surface area contributed by atoms with Gasteiger partial charge in [0.25, 0.3) is 5.91 Å². The molecule has 0 aliphatic carbocycles. The lowest BCUT2D eigenvalue weighted by molar-refractivity contribution is 0.0785. The van der Waals surface area contributed by atoms with Crippen LogP contribution in [0.4, 0.5) is 0 Å². The third kappa shape index (κ3) is 3.55. The van der Waals surface area contributed by atoms with E-state index in [2.05, 4.69) is 4.98 Å². The number of carbonyl (C=O) groups is 1. The molecule has 0 fully saturated rings. The molecule has 0 saturated carbocycles. The molecule has 7 heteroatoms. The Balaban J connectivity index is 1.64. The number of amides is 1. The van der Waals surface area contributed by atoms with Crippen LogP contribution in [0.5, 0.6) is 11.5 Å². The molecule has 2 heterocycles. The number of aromatic amines is 1. The Morgan fingerprint density at radius 1 is 1.14 bits per heavy atom. The normalized spacial score (nSPS) is 13.2. The Hall–Kier alpha value is -2.99. The van der Waals surface area contributed by atoms with E-state index in [4.69, 9.17) is 21.1 Å². The number of fused-ring (bicyclic) bond motifs is 2. The molecule has 0 atom stereocenters. The van der Waals surface area contributed by atoms with Crippen molar-refractivity contribution in [1.82, 2.24) is 9.88 Å². The van der Waals surface area contributed by atoms with Crippen molar-refractivity contribution in [3.63, 3.8) is 0 Å². The number of hydrogen-bond acceptors (Lipinski definition) is 4. The van der Waals surface area contributed by atoms with Crippen LogP contribution < -0.4 is 15.0 Å². The number of rotatable bonds is 3. The van der Waals surface area contributed by atoms with Crippen LogP contribution in [0.25, 0.3) is 10.9 Å². The molecule has 1 N–H and O–H groups in total. The third-order valence-electron chi connectivity index (χ3n) is 4.66. The molecule has 144 valence electrons. The Morgan fingerprint density at radius 2 is 1.86 bits per heavy atom. The minimum atomic E-state index is -0.259. The van der Waals surface area contributed by atoms with Crippen LogP contribution in [0.2, 0.25) is 5.02 Å². The number of benzene rings is 2. The van der Waals surface area contributed by atoms with Gasteiger partial charge in [0.2, 0.25) is 5.56 Å². The van der Waals surface area contributed by atoms with Crippen molar-refractivity contribution in [1.29, 1.82) is 0 Å². The predicted molar refractivity (Wildman–Crippen MR) is 107 cm³/mol. The third-order valence-corrected chi connectivity index (χ3v) is 4.97. The molecular weight excluding hydrogens is 380 g/mol. The summed E-state index contributed by atoms with van der Waals surface area (Å²) in [7, 11) is 1.68. The van der Waals surface area contributed by atoms with Crippen molar-refractivity contribution >= 4 is 28.4 Å². The number of pyridine rings is 1. The van der Waals surface area contributed by atoms with E-state index in [1.54, 1.807) is 19.2 Å². The first kappa shape index (κ1) is 18.4. The summed E-state index contributed by atoms with van der Waals surface area (Å²) in [5.74, 6) is 0.799. The highest BCUT2D eigenvalue weighted by Crippen LogP contribution is 2.35. The number of nitrogens with one attached hydrogen (secondary N) is 1. The van der Waals surface area contributed by atoms with Gasteiger partial charge in [0.05, 0.1) is 23.8 Å². The minimum absolute atomic E-state index is 0.205. The van der Waals surface area contributed by atoms with Gasteiger partial charge < -0.3 is 19.4 Å². The molecule has 0 saturated heterocycles. The maximum absolute atomic E-state index is 13.0. The second-order valence-corrected chi connectivity index (χ2v) is 7.10. The number of para-hydroxylation sites is 1. The highest BCUT2D eigenvalue weighted by molar-refractivity contribution is 6.34. The van der Waals surface area contributed by atoms with Crippen LogP contribution in [0.3, 0.4) is 0 Å². The average Bonchev–Trinajstić information content (AvgIpc) is 2.91. The fraction of sp³-hybridized carbons (Fsp3) is 0.238. The van der Waals surface area contributed by atoms with Gasteiger partial charge in [-0.1, -0.05) is 29.8 Å². The average molecular weight is 399 g/mol. The second kappa shape index (κ2) is 7.56. The molecule has 0 spiro atoms. The maximum atomic E-state index is 13.0. The van der Waals surface area contributed by atoms with Crippen LogP contribution in [0.15, 0.2) is 47.3 Å². The molecule has 2 aromatic carbocycles. The maximum Gasteiger partial charge on any atom is 0.255 e. The first-order valence-corrected chi connectivity index (χ1v) is 9.36. The van der Waals surface area contributed by atoms with Gasteiger partial charge in [-0.15, -0.1) is 0 Å². The standard InChI is InChI=1S/C21H19ClN2O4/c1-24(12-13-9-20(25)23-17-6-3-2-5-14(13)17)21(26)15-10-18-19(11-16(15)22)28-8-4-7-27-18/h2-3,5-6,9-11H,4,7-8,12H2,1H3,(H,23,25). The molecule has 28 heavy (non-hydrogen) atoms. The SMILES string of the molecule is CN(Cc1cc(=O)[nH]c2ccccc12)C(=O)c1cc2c(cc1Cl)OCCCO2. The van der Waals surface area contributed by atoms with Gasteiger partial charge in [0.15, 0.2) is 11.5 Å². The number of hydrogen-bond donors (Lipinski definition) is 1. The van der Waals surface area contributed by atoms with E-state index in [1.807, 2.05) is 24.3 Å². The van der Waals surface area contributed by atoms with Crippen molar-refractivity contribution in [2.75, 3.05) is 20.3 Å². The lowest BCUT2D eigenvalue weighted by atomic mass is 10.1. The van der Waals surface area contributed by atoms with Crippen LogP contribution in [0.1, 0.15) is 22.3 Å². The van der Waals surface area contributed by atoms with Gasteiger partial charge >= 0.3 is 0 Å². The Kier molecular flexibility index (Phi) is 4.96. The highest BCUT2D eigenvalue weighted by Gasteiger charge is 2.21. The van der Waals surface area contributed by atoms with Crippen molar-refractivity contribution < 1.29 is 14.3 Å². The summed E-state index contributed by atoms with van der Waals surface area (Å²) >= 11 is 6.34. The van der Waals surface area contributed by atoms with Crippen molar-refractivity contribution in [2.45, 2.75) is 13.0 Å². The van der Waals surface area contributed by atoms with Gasteiger partial charge in [-0.2, -0.15) is 0 Å². The first-order chi connectivity index (χ1) is 13.5. The molecule has 0 unspecified atom stereocenters. The smallest absolute Gasteiger partial charge is 0.255 e. The molecule has 4 rings (SSSR count). The number of halogens is 1. The summed E-state index contributed by atoms with van der Waals surface area (Å²) in [4.78, 5) is 29.3. The Bertz CT molecular complexity index is 1110. The van der Waals surface area contributed by atoms with Gasteiger partial charge in [-0.25, -0.2) is 0 Å². The zero-order chi connectivity index (χ0) is 19.7. The van der Waals surface area contributed by atoms with Crippen molar-refractivity contribution in [2.24, 2.45) is 0 Å². The van der Waals surface area contributed by atoms with E-state index < -0.39 is 0 Å². The van der Waals surface area contributed by atoms with Gasteiger partial charge in [-0.3, -0.25) is 9.59 Å². The molecule has 1 amide bonds. The van der Waals surface area contributed by atoms with Crippen LogP contribution >= 0.6 is 11.6 Å². The summed E-state index contributed by atoms with van der Waals surface area (Å²) in [5.41, 5.74) is 1.63. The quantitative estimate of drug-likeness (QED) is 0.731. The molecule has 6 nitrogen and oxygen atoms in total. The monoisotopic (exact) mass is 398 g/mol. The fourth-order valence-corrected chi connectivity index (χ4v) is 3.52.